The number of ether oxygens (including phenoxy) is 2. The first-order valence-electron chi connectivity index (χ1n) is 8.87. The number of aryl methyl sites for hydroxylation is 2. The first-order chi connectivity index (χ1) is 14.0. The highest BCUT2D eigenvalue weighted by Gasteiger charge is 2.13. The Balaban J connectivity index is 1.71. The SMILES string of the molecule is COc1ccc(/C=C/C(=O)Nc2c(C)nc(Oc3ccccc3F)nc2C)cc1. The molecule has 29 heavy (non-hydrogen) atoms. The number of para-hydroxylation sites is 1. The summed E-state index contributed by atoms with van der Waals surface area (Å²) < 4.78 is 24.3. The molecule has 0 aliphatic heterocycles. The van der Waals surface area contributed by atoms with E-state index in [-0.39, 0.29) is 17.7 Å². The molecule has 3 rings (SSSR count). The van der Waals surface area contributed by atoms with Gasteiger partial charge in [0.1, 0.15) is 5.75 Å². The molecule has 1 aromatic heterocycles. The van der Waals surface area contributed by atoms with E-state index in [0.717, 1.165) is 11.3 Å². The topological polar surface area (TPSA) is 73.3 Å². The zero-order chi connectivity index (χ0) is 20.8. The summed E-state index contributed by atoms with van der Waals surface area (Å²) in [5.74, 6) is -0.0518. The molecule has 1 amide bonds. The lowest BCUT2D eigenvalue weighted by Gasteiger charge is -2.11. The number of nitrogens with one attached hydrogen (secondary N) is 1. The third kappa shape index (κ3) is 5.16. The third-order valence-electron chi connectivity index (χ3n) is 4.08. The summed E-state index contributed by atoms with van der Waals surface area (Å²) in [7, 11) is 1.59. The second-order valence-electron chi connectivity index (χ2n) is 6.18. The second kappa shape index (κ2) is 8.97. The van der Waals surface area contributed by atoms with Crippen molar-refractivity contribution >= 4 is 17.7 Å². The normalized spacial score (nSPS) is 10.8. The van der Waals surface area contributed by atoms with E-state index < -0.39 is 5.82 Å². The van der Waals surface area contributed by atoms with Gasteiger partial charge in [0.25, 0.3) is 0 Å². The highest BCUT2D eigenvalue weighted by molar-refractivity contribution is 6.02. The van der Waals surface area contributed by atoms with Crippen LogP contribution in [0.3, 0.4) is 0 Å². The van der Waals surface area contributed by atoms with Crippen LogP contribution in [-0.2, 0) is 4.79 Å². The van der Waals surface area contributed by atoms with Crippen molar-refractivity contribution in [2.24, 2.45) is 0 Å². The Hall–Kier alpha value is -3.74. The van der Waals surface area contributed by atoms with Crippen LogP contribution in [0.4, 0.5) is 10.1 Å². The van der Waals surface area contributed by atoms with Gasteiger partial charge >= 0.3 is 6.01 Å². The summed E-state index contributed by atoms with van der Waals surface area (Å²) in [5.41, 5.74) is 2.36. The van der Waals surface area contributed by atoms with Gasteiger partial charge in [-0.2, -0.15) is 9.97 Å². The molecule has 0 aliphatic carbocycles. The highest BCUT2D eigenvalue weighted by Crippen LogP contribution is 2.25. The molecule has 1 N–H and O–H groups in total. The first-order valence-corrected chi connectivity index (χ1v) is 8.87. The molecular formula is C22H20FN3O3. The number of aromatic nitrogens is 2. The van der Waals surface area contributed by atoms with Gasteiger partial charge in [-0.15, -0.1) is 0 Å². The maximum absolute atomic E-state index is 13.7. The highest BCUT2D eigenvalue weighted by atomic mass is 19.1. The smallest absolute Gasteiger partial charge is 0.322 e. The minimum absolute atomic E-state index is 0.0110. The molecule has 0 saturated carbocycles. The van der Waals surface area contributed by atoms with Crippen LogP contribution in [0.2, 0.25) is 0 Å². The number of benzene rings is 2. The number of nitrogens with zero attached hydrogens (tertiary/aromatic N) is 2. The minimum Gasteiger partial charge on any atom is -0.497 e. The lowest BCUT2D eigenvalue weighted by molar-refractivity contribution is -0.111. The van der Waals surface area contributed by atoms with Crippen molar-refractivity contribution in [2.45, 2.75) is 13.8 Å². The van der Waals surface area contributed by atoms with Crippen molar-refractivity contribution in [3.8, 4) is 17.5 Å². The van der Waals surface area contributed by atoms with Crippen LogP contribution in [-0.4, -0.2) is 23.0 Å². The molecule has 0 radical (unpaired) electrons. The predicted octanol–water partition coefficient (Wildman–Crippen LogP) is 4.69. The van der Waals surface area contributed by atoms with Crippen molar-refractivity contribution in [1.29, 1.82) is 0 Å². The zero-order valence-electron chi connectivity index (χ0n) is 16.3. The van der Waals surface area contributed by atoms with E-state index in [1.807, 2.05) is 24.3 Å². The average Bonchev–Trinajstić information content (AvgIpc) is 2.71. The summed E-state index contributed by atoms with van der Waals surface area (Å²) >= 11 is 0. The van der Waals surface area contributed by atoms with E-state index >= 15 is 0 Å². The maximum Gasteiger partial charge on any atom is 0.322 e. The number of anilines is 1. The van der Waals surface area contributed by atoms with E-state index in [1.54, 1.807) is 39.2 Å². The maximum atomic E-state index is 13.7. The molecule has 7 heteroatoms. The van der Waals surface area contributed by atoms with Gasteiger partial charge in [-0.05, 0) is 49.8 Å². The number of amides is 1. The summed E-state index contributed by atoms with van der Waals surface area (Å²) in [5, 5.41) is 2.77. The van der Waals surface area contributed by atoms with Gasteiger partial charge in [0.15, 0.2) is 11.6 Å². The van der Waals surface area contributed by atoms with Gasteiger partial charge in [-0.3, -0.25) is 4.79 Å². The van der Waals surface area contributed by atoms with E-state index in [2.05, 4.69) is 15.3 Å². The number of hydrogen-bond acceptors (Lipinski definition) is 5. The molecule has 3 aromatic rings. The number of carbonyl (C=O) groups is 1. The molecule has 0 fully saturated rings. The Morgan fingerprint density at radius 2 is 1.69 bits per heavy atom. The lowest BCUT2D eigenvalue weighted by atomic mass is 10.2. The Morgan fingerprint density at radius 1 is 1.03 bits per heavy atom. The first kappa shape index (κ1) is 20.0. The van der Waals surface area contributed by atoms with Gasteiger partial charge in [-0.25, -0.2) is 4.39 Å². The number of carbonyl (C=O) groups excluding carboxylic acids is 1. The Labute approximate surface area is 168 Å². The van der Waals surface area contributed by atoms with E-state index in [9.17, 15) is 9.18 Å². The summed E-state index contributed by atoms with van der Waals surface area (Å²) in [6, 6.07) is 13.3. The van der Waals surface area contributed by atoms with Gasteiger partial charge in [0, 0.05) is 6.08 Å². The van der Waals surface area contributed by atoms with Crippen LogP contribution in [0.1, 0.15) is 17.0 Å². The zero-order valence-corrected chi connectivity index (χ0v) is 16.3. The monoisotopic (exact) mass is 393 g/mol. The van der Waals surface area contributed by atoms with Crippen molar-refractivity contribution in [2.75, 3.05) is 12.4 Å². The average molecular weight is 393 g/mol. The largest absolute Gasteiger partial charge is 0.497 e. The molecule has 2 aromatic carbocycles. The molecule has 148 valence electrons. The fourth-order valence-electron chi connectivity index (χ4n) is 2.59. The lowest BCUT2D eigenvalue weighted by Crippen LogP contribution is -2.12. The number of methoxy groups -OCH3 is 1. The molecule has 1 heterocycles. The molecule has 0 saturated heterocycles. The quantitative estimate of drug-likeness (QED) is 0.615. The fraction of sp³-hybridized carbons (Fsp3) is 0.136. The number of halogens is 1. The molecule has 0 aliphatic rings. The van der Waals surface area contributed by atoms with Crippen LogP contribution < -0.4 is 14.8 Å². The van der Waals surface area contributed by atoms with Gasteiger partial charge in [0.2, 0.25) is 5.91 Å². The van der Waals surface area contributed by atoms with E-state index in [0.29, 0.717) is 17.1 Å². The fourth-order valence-corrected chi connectivity index (χ4v) is 2.59. The molecule has 6 nitrogen and oxygen atoms in total. The van der Waals surface area contributed by atoms with Crippen LogP contribution in [0.25, 0.3) is 6.08 Å². The summed E-state index contributed by atoms with van der Waals surface area (Å²) in [6.45, 7) is 3.43. The Bertz CT molecular complexity index is 1030. The summed E-state index contributed by atoms with van der Waals surface area (Å²) in [4.78, 5) is 20.7. The molecular weight excluding hydrogens is 373 g/mol. The van der Waals surface area contributed by atoms with Crippen molar-refractivity contribution in [3.05, 3.63) is 77.4 Å². The third-order valence-corrected chi connectivity index (χ3v) is 4.08. The van der Waals surface area contributed by atoms with E-state index in [1.165, 1.54) is 18.2 Å². The van der Waals surface area contributed by atoms with Crippen molar-refractivity contribution in [1.82, 2.24) is 9.97 Å². The van der Waals surface area contributed by atoms with Crippen LogP contribution in [0.15, 0.2) is 54.6 Å². The Morgan fingerprint density at radius 3 is 2.31 bits per heavy atom. The van der Waals surface area contributed by atoms with Gasteiger partial charge in [-0.1, -0.05) is 24.3 Å². The Kier molecular flexibility index (Phi) is 6.19. The summed E-state index contributed by atoms with van der Waals surface area (Å²) in [6.07, 6.45) is 3.11. The predicted molar refractivity (Wildman–Crippen MR) is 109 cm³/mol. The standard InChI is InChI=1S/C22H20FN3O3/c1-14-21(26-20(27)13-10-16-8-11-17(28-3)12-9-16)15(2)25-22(24-14)29-19-7-5-4-6-18(19)23/h4-13H,1-3H3,(H,26,27)/b13-10+. The molecule has 0 spiro atoms. The van der Waals surface area contributed by atoms with Crippen molar-refractivity contribution < 1.29 is 18.7 Å². The van der Waals surface area contributed by atoms with Gasteiger partial charge in [0.05, 0.1) is 24.2 Å². The van der Waals surface area contributed by atoms with Gasteiger partial charge < -0.3 is 14.8 Å². The minimum atomic E-state index is -0.507. The van der Waals surface area contributed by atoms with Crippen molar-refractivity contribution in [3.63, 3.8) is 0 Å². The van der Waals surface area contributed by atoms with Crippen LogP contribution >= 0.6 is 0 Å². The second-order valence-corrected chi connectivity index (χ2v) is 6.18. The van der Waals surface area contributed by atoms with Crippen LogP contribution in [0.5, 0.6) is 17.5 Å². The molecule has 0 bridgehead atoms. The number of hydrogen-bond donors (Lipinski definition) is 1. The van der Waals surface area contributed by atoms with Crippen LogP contribution in [0, 0.1) is 19.7 Å². The number of rotatable bonds is 6. The molecule has 0 atom stereocenters. The molecule has 0 unspecified atom stereocenters. The van der Waals surface area contributed by atoms with E-state index in [4.69, 9.17) is 9.47 Å².